The number of aryl methyl sites for hydroxylation is 2. The van der Waals surface area contributed by atoms with Gasteiger partial charge in [-0.15, -0.1) is 0 Å². The summed E-state index contributed by atoms with van der Waals surface area (Å²) in [7, 11) is -3.76. The molecule has 0 heterocycles. The molecule has 0 atom stereocenters. The van der Waals surface area contributed by atoms with Gasteiger partial charge in [-0.05, 0) is 68.1 Å². The van der Waals surface area contributed by atoms with Gasteiger partial charge < -0.3 is 11.1 Å². The van der Waals surface area contributed by atoms with Crippen molar-refractivity contribution in [1.82, 2.24) is 0 Å². The minimum Gasteiger partial charge on any atom is -0.351 e. The molecule has 128 valence electrons. The van der Waals surface area contributed by atoms with Gasteiger partial charge in [0, 0.05) is 5.69 Å². The highest BCUT2D eigenvalue weighted by Crippen LogP contribution is 2.28. The maximum Gasteiger partial charge on any atom is 0.316 e. The first kappa shape index (κ1) is 17.8. The molecule has 0 unspecified atom stereocenters. The van der Waals surface area contributed by atoms with Crippen LogP contribution in [0.5, 0.6) is 0 Å². The number of carbonyl (C=O) groups is 1. The fourth-order valence-electron chi connectivity index (χ4n) is 2.59. The minimum atomic E-state index is -3.76. The second-order valence-corrected chi connectivity index (χ2v) is 7.38. The Bertz CT molecular complexity index is 879. The molecule has 0 aromatic heterocycles. The molecule has 0 fully saturated rings. The van der Waals surface area contributed by atoms with Crippen molar-refractivity contribution in [3.63, 3.8) is 0 Å². The Kier molecular flexibility index (Phi) is 4.84. The van der Waals surface area contributed by atoms with Crippen molar-refractivity contribution in [3.05, 3.63) is 52.6 Å². The number of nitrogens with two attached hydrogens (primary N) is 1. The number of sulfonamides is 1. The Hall–Kier alpha value is -2.54. The molecule has 2 aromatic carbocycles. The largest absolute Gasteiger partial charge is 0.351 e. The second kappa shape index (κ2) is 6.52. The summed E-state index contributed by atoms with van der Waals surface area (Å²) in [6, 6.07) is 7.63. The topological polar surface area (TPSA) is 101 Å². The van der Waals surface area contributed by atoms with Gasteiger partial charge in [-0.1, -0.05) is 12.1 Å². The zero-order valence-electron chi connectivity index (χ0n) is 14.1. The molecule has 0 saturated carbocycles. The predicted molar refractivity (Wildman–Crippen MR) is 95.8 cm³/mol. The van der Waals surface area contributed by atoms with E-state index in [1.165, 1.54) is 6.07 Å². The van der Waals surface area contributed by atoms with E-state index in [0.717, 1.165) is 22.3 Å². The van der Waals surface area contributed by atoms with Crippen molar-refractivity contribution in [3.8, 4) is 0 Å². The number of amides is 2. The number of hydrogen-bond acceptors (Lipinski definition) is 3. The summed E-state index contributed by atoms with van der Waals surface area (Å²) in [5.41, 5.74) is 9.11. The van der Waals surface area contributed by atoms with Crippen LogP contribution in [0.25, 0.3) is 0 Å². The second-order valence-electron chi connectivity index (χ2n) is 5.77. The average molecular weight is 347 g/mol. The quantitative estimate of drug-likeness (QED) is 0.791. The highest BCUT2D eigenvalue weighted by Gasteiger charge is 2.22. The van der Waals surface area contributed by atoms with Crippen LogP contribution < -0.4 is 15.8 Å². The zero-order valence-corrected chi connectivity index (χ0v) is 14.9. The average Bonchev–Trinajstić information content (AvgIpc) is 2.44. The van der Waals surface area contributed by atoms with E-state index in [9.17, 15) is 13.2 Å². The molecule has 0 bridgehead atoms. The van der Waals surface area contributed by atoms with E-state index in [1.807, 2.05) is 19.9 Å². The summed E-state index contributed by atoms with van der Waals surface area (Å²) in [6.45, 7) is 7.36. The maximum atomic E-state index is 12.9. The highest BCUT2D eigenvalue weighted by molar-refractivity contribution is 7.92. The van der Waals surface area contributed by atoms with Gasteiger partial charge in [0.25, 0.3) is 10.0 Å². The molecule has 0 radical (unpaired) electrons. The third kappa shape index (κ3) is 3.68. The van der Waals surface area contributed by atoms with Crippen LogP contribution in [0.2, 0.25) is 0 Å². The van der Waals surface area contributed by atoms with Crippen molar-refractivity contribution in [1.29, 1.82) is 0 Å². The van der Waals surface area contributed by atoms with Crippen molar-refractivity contribution < 1.29 is 13.2 Å². The van der Waals surface area contributed by atoms with Gasteiger partial charge in [0.05, 0.1) is 10.6 Å². The van der Waals surface area contributed by atoms with Gasteiger partial charge in [-0.25, -0.2) is 13.2 Å². The number of anilines is 2. The predicted octanol–water partition coefficient (Wildman–Crippen LogP) is 3.21. The number of benzene rings is 2. The smallest absolute Gasteiger partial charge is 0.316 e. The van der Waals surface area contributed by atoms with Gasteiger partial charge in [-0.2, -0.15) is 0 Å². The third-order valence-corrected chi connectivity index (χ3v) is 5.60. The van der Waals surface area contributed by atoms with Crippen molar-refractivity contribution >= 4 is 27.4 Å². The van der Waals surface area contributed by atoms with Crippen LogP contribution in [0.15, 0.2) is 35.2 Å². The molecule has 24 heavy (non-hydrogen) atoms. The molecule has 7 heteroatoms. The Balaban J connectivity index is 2.45. The fraction of sp³-hybridized carbons (Fsp3) is 0.235. The van der Waals surface area contributed by atoms with Crippen molar-refractivity contribution in [2.45, 2.75) is 32.6 Å². The molecule has 0 spiro atoms. The number of urea groups is 1. The Morgan fingerprint density at radius 3 is 2.04 bits per heavy atom. The van der Waals surface area contributed by atoms with Crippen LogP contribution >= 0.6 is 0 Å². The summed E-state index contributed by atoms with van der Waals surface area (Å²) in [5.74, 6) is 0. The van der Waals surface area contributed by atoms with E-state index in [0.29, 0.717) is 11.4 Å². The molecule has 0 aliphatic heterocycles. The number of primary amides is 1. The molecule has 0 aliphatic carbocycles. The first-order valence-electron chi connectivity index (χ1n) is 7.38. The minimum absolute atomic E-state index is 0.285. The van der Waals surface area contributed by atoms with E-state index in [-0.39, 0.29) is 4.90 Å². The molecule has 2 aromatic rings. The lowest BCUT2D eigenvalue weighted by atomic mass is 10.0. The van der Waals surface area contributed by atoms with Crippen LogP contribution in [0, 0.1) is 27.7 Å². The Labute approximate surface area is 142 Å². The molecular formula is C17H21N3O3S. The first-order valence-corrected chi connectivity index (χ1v) is 8.87. The van der Waals surface area contributed by atoms with Crippen LogP contribution in [-0.2, 0) is 10.0 Å². The summed E-state index contributed by atoms with van der Waals surface area (Å²) in [4.78, 5) is 11.2. The van der Waals surface area contributed by atoms with E-state index in [1.54, 1.807) is 32.0 Å². The number of hydrogen-bond donors (Lipinski definition) is 3. The Morgan fingerprint density at radius 2 is 1.50 bits per heavy atom. The molecule has 2 rings (SSSR count). The number of nitrogens with one attached hydrogen (secondary N) is 2. The molecule has 0 aliphatic rings. The van der Waals surface area contributed by atoms with Crippen molar-refractivity contribution in [2.75, 3.05) is 10.0 Å². The highest BCUT2D eigenvalue weighted by atomic mass is 32.2. The number of carbonyl (C=O) groups excluding carboxylic acids is 1. The third-order valence-electron chi connectivity index (χ3n) is 3.95. The summed E-state index contributed by atoms with van der Waals surface area (Å²) < 4.78 is 28.3. The molecule has 0 saturated heterocycles. The van der Waals surface area contributed by atoms with Gasteiger partial charge in [-0.3, -0.25) is 4.72 Å². The SMILES string of the molecule is Cc1cc(C)c(C)c(S(=O)(=O)Nc2cccc(NC(N)=O)c2)c1C. The van der Waals surface area contributed by atoms with Gasteiger partial charge in [0.15, 0.2) is 0 Å². The zero-order chi connectivity index (χ0) is 18.1. The Morgan fingerprint density at radius 1 is 0.958 bits per heavy atom. The maximum absolute atomic E-state index is 12.9. The van der Waals surface area contributed by atoms with Crippen LogP contribution in [0.1, 0.15) is 22.3 Å². The normalized spacial score (nSPS) is 11.2. The standard InChI is InChI=1S/C17H21N3O3S/c1-10-8-11(2)13(4)16(12(10)3)24(22,23)20-15-7-5-6-14(9-15)19-17(18)21/h5-9,20H,1-4H3,(H3,18,19,21). The van der Waals surface area contributed by atoms with Crippen molar-refractivity contribution in [2.24, 2.45) is 5.73 Å². The number of rotatable bonds is 4. The van der Waals surface area contributed by atoms with E-state index < -0.39 is 16.1 Å². The van der Waals surface area contributed by atoms with Gasteiger partial charge in [0.1, 0.15) is 0 Å². The monoisotopic (exact) mass is 347 g/mol. The molecular weight excluding hydrogens is 326 g/mol. The van der Waals surface area contributed by atoms with E-state index in [4.69, 9.17) is 5.73 Å². The van der Waals surface area contributed by atoms with Gasteiger partial charge >= 0.3 is 6.03 Å². The fourth-order valence-corrected chi connectivity index (χ4v) is 4.26. The van der Waals surface area contributed by atoms with E-state index >= 15 is 0 Å². The summed E-state index contributed by atoms with van der Waals surface area (Å²) >= 11 is 0. The summed E-state index contributed by atoms with van der Waals surface area (Å²) in [5, 5.41) is 2.42. The summed E-state index contributed by atoms with van der Waals surface area (Å²) in [6.07, 6.45) is 0. The lowest BCUT2D eigenvalue weighted by molar-refractivity contribution is 0.259. The first-order chi connectivity index (χ1) is 11.1. The molecule has 4 N–H and O–H groups in total. The molecule has 6 nitrogen and oxygen atoms in total. The van der Waals surface area contributed by atoms with Gasteiger partial charge in [0.2, 0.25) is 0 Å². The molecule has 2 amide bonds. The lowest BCUT2D eigenvalue weighted by Crippen LogP contribution is -2.20. The van der Waals surface area contributed by atoms with Crippen LogP contribution in [0.4, 0.5) is 16.2 Å². The van der Waals surface area contributed by atoms with Crippen LogP contribution in [-0.4, -0.2) is 14.4 Å². The lowest BCUT2D eigenvalue weighted by Gasteiger charge is -2.17. The van der Waals surface area contributed by atoms with E-state index in [2.05, 4.69) is 10.0 Å². The van der Waals surface area contributed by atoms with Crippen LogP contribution in [0.3, 0.4) is 0 Å².